The number of fused-ring (bicyclic) bond motifs is 3. The molecule has 144 valence electrons. The van der Waals surface area contributed by atoms with Crippen LogP contribution in [0.5, 0.6) is 0 Å². The second-order valence-corrected chi connectivity index (χ2v) is 8.38. The van der Waals surface area contributed by atoms with Crippen molar-refractivity contribution in [2.24, 2.45) is 13.0 Å². The van der Waals surface area contributed by atoms with Gasteiger partial charge in [0.2, 0.25) is 5.91 Å². The zero-order valence-corrected chi connectivity index (χ0v) is 15.9. The molecule has 1 saturated carbocycles. The maximum atomic E-state index is 12.7. The summed E-state index contributed by atoms with van der Waals surface area (Å²) in [4.78, 5) is 26.3. The summed E-state index contributed by atoms with van der Waals surface area (Å²) in [5, 5.41) is 4.40. The third-order valence-corrected chi connectivity index (χ3v) is 6.35. The van der Waals surface area contributed by atoms with E-state index in [0.717, 1.165) is 61.4 Å². The molecule has 6 rings (SSSR count). The summed E-state index contributed by atoms with van der Waals surface area (Å²) in [6, 6.07) is 2.74. The van der Waals surface area contributed by atoms with Gasteiger partial charge in [0.25, 0.3) is 0 Å². The monoisotopic (exact) mass is 377 g/mol. The first kappa shape index (κ1) is 16.1. The molecule has 1 amide bonds. The van der Waals surface area contributed by atoms with Crippen LogP contribution >= 0.6 is 0 Å². The van der Waals surface area contributed by atoms with Crippen LogP contribution in [0.1, 0.15) is 25.7 Å². The lowest BCUT2D eigenvalue weighted by molar-refractivity contribution is -0.135. The van der Waals surface area contributed by atoms with E-state index in [9.17, 15) is 4.79 Å². The summed E-state index contributed by atoms with van der Waals surface area (Å²) in [6.07, 6.45) is 11.8. The first-order valence-corrected chi connectivity index (χ1v) is 10.1. The van der Waals surface area contributed by atoms with Crippen LogP contribution in [0.15, 0.2) is 31.1 Å². The summed E-state index contributed by atoms with van der Waals surface area (Å²) in [6.45, 7) is 1.71. The predicted octanol–water partition coefficient (Wildman–Crippen LogP) is 1.72. The number of piperazine rings is 1. The summed E-state index contributed by atoms with van der Waals surface area (Å²) >= 11 is 0. The molecule has 8 nitrogen and oxygen atoms in total. The fourth-order valence-corrected chi connectivity index (χ4v) is 4.84. The van der Waals surface area contributed by atoms with Gasteiger partial charge in [-0.25, -0.2) is 14.5 Å². The standard InChI is InChI=1S/C20H23N7O/c1-24-10-17(22-12-24)14-6-18-19(21-11-23-26(18)7-14)25-8-15-4-5-16(9-25)27(15)20(28)13-2-3-13/h6-7,10-13,15-16H,2-5,8-9H2,1H3. The number of rotatable bonds is 3. The topological polar surface area (TPSA) is 71.6 Å². The lowest BCUT2D eigenvalue weighted by Crippen LogP contribution is -2.56. The minimum absolute atomic E-state index is 0.298. The molecule has 2 atom stereocenters. The van der Waals surface area contributed by atoms with Crippen LogP contribution in [0.25, 0.3) is 16.8 Å². The molecule has 1 aliphatic carbocycles. The van der Waals surface area contributed by atoms with Gasteiger partial charge in [0, 0.05) is 56.1 Å². The highest BCUT2D eigenvalue weighted by Gasteiger charge is 2.46. The molecule has 3 fully saturated rings. The minimum atomic E-state index is 0.298. The van der Waals surface area contributed by atoms with E-state index in [2.05, 4.69) is 30.9 Å². The Kier molecular flexibility index (Phi) is 3.33. The molecule has 2 aliphatic heterocycles. The van der Waals surface area contributed by atoms with Crippen LogP contribution < -0.4 is 4.90 Å². The van der Waals surface area contributed by atoms with Gasteiger partial charge in [-0.2, -0.15) is 5.10 Å². The van der Waals surface area contributed by atoms with Gasteiger partial charge in [-0.1, -0.05) is 0 Å². The zero-order chi connectivity index (χ0) is 18.8. The van der Waals surface area contributed by atoms with Gasteiger partial charge in [0.15, 0.2) is 5.82 Å². The predicted molar refractivity (Wildman–Crippen MR) is 104 cm³/mol. The van der Waals surface area contributed by atoms with Crippen LogP contribution in [0.2, 0.25) is 0 Å². The lowest BCUT2D eigenvalue weighted by Gasteiger charge is -2.41. The largest absolute Gasteiger partial charge is 0.351 e. The SMILES string of the molecule is Cn1cnc(-c2cc3c(N4CC5CCC(C4)N5C(=O)C4CC4)ncnn3c2)c1. The number of aromatic nitrogens is 5. The summed E-state index contributed by atoms with van der Waals surface area (Å²) in [5.41, 5.74) is 2.95. The van der Waals surface area contributed by atoms with Gasteiger partial charge in [0.05, 0.1) is 12.0 Å². The molecule has 8 heteroatoms. The molecule has 2 saturated heterocycles. The van der Waals surface area contributed by atoms with Crippen LogP contribution in [0.4, 0.5) is 5.82 Å². The Morgan fingerprint density at radius 2 is 1.86 bits per heavy atom. The number of carbonyl (C=O) groups is 1. The van der Waals surface area contributed by atoms with Crippen LogP contribution in [0.3, 0.4) is 0 Å². The number of nitrogens with zero attached hydrogens (tertiary/aromatic N) is 7. The van der Waals surface area contributed by atoms with E-state index in [4.69, 9.17) is 0 Å². The number of amides is 1. The summed E-state index contributed by atoms with van der Waals surface area (Å²) in [5.74, 6) is 1.64. The van der Waals surface area contributed by atoms with E-state index < -0.39 is 0 Å². The fraction of sp³-hybridized carbons (Fsp3) is 0.500. The number of anilines is 1. The molecule has 0 spiro atoms. The van der Waals surface area contributed by atoms with Crippen molar-refractivity contribution in [1.29, 1.82) is 0 Å². The second kappa shape index (κ2) is 5.80. The Morgan fingerprint density at radius 1 is 1.07 bits per heavy atom. The molecule has 3 aromatic rings. The maximum absolute atomic E-state index is 12.7. The van der Waals surface area contributed by atoms with Crippen molar-refractivity contribution in [3.05, 3.63) is 31.1 Å². The van der Waals surface area contributed by atoms with Crippen molar-refractivity contribution in [2.45, 2.75) is 37.8 Å². The Morgan fingerprint density at radius 3 is 2.54 bits per heavy atom. The molecule has 3 aromatic heterocycles. The van der Waals surface area contributed by atoms with E-state index in [-0.39, 0.29) is 0 Å². The number of carbonyl (C=O) groups excluding carboxylic acids is 1. The van der Waals surface area contributed by atoms with Gasteiger partial charge >= 0.3 is 0 Å². The van der Waals surface area contributed by atoms with Crippen molar-refractivity contribution < 1.29 is 4.79 Å². The van der Waals surface area contributed by atoms with Gasteiger partial charge in [-0.3, -0.25) is 4.79 Å². The van der Waals surface area contributed by atoms with E-state index in [1.54, 1.807) is 12.7 Å². The third-order valence-electron chi connectivity index (χ3n) is 6.35. The quantitative estimate of drug-likeness (QED) is 0.695. The zero-order valence-electron chi connectivity index (χ0n) is 15.9. The number of hydrogen-bond donors (Lipinski definition) is 0. The molecular formula is C20H23N7O. The van der Waals surface area contributed by atoms with Crippen LogP contribution in [-0.4, -0.2) is 60.1 Å². The van der Waals surface area contributed by atoms with Crippen molar-refractivity contribution >= 4 is 17.2 Å². The van der Waals surface area contributed by atoms with Gasteiger partial charge in [-0.15, -0.1) is 0 Å². The molecule has 2 unspecified atom stereocenters. The van der Waals surface area contributed by atoms with E-state index in [1.807, 2.05) is 28.5 Å². The maximum Gasteiger partial charge on any atom is 0.226 e. The van der Waals surface area contributed by atoms with E-state index in [1.165, 1.54) is 0 Å². The summed E-state index contributed by atoms with van der Waals surface area (Å²) < 4.78 is 3.83. The molecule has 28 heavy (non-hydrogen) atoms. The highest BCUT2D eigenvalue weighted by molar-refractivity contribution is 5.83. The molecule has 2 bridgehead atoms. The molecule has 0 N–H and O–H groups in total. The highest BCUT2D eigenvalue weighted by atomic mass is 16.2. The Balaban J connectivity index is 1.33. The van der Waals surface area contributed by atoms with Gasteiger partial charge in [-0.05, 0) is 31.7 Å². The average Bonchev–Trinajstić information content (AvgIpc) is 3.22. The van der Waals surface area contributed by atoms with Gasteiger partial charge in [0.1, 0.15) is 11.8 Å². The smallest absolute Gasteiger partial charge is 0.226 e. The molecular weight excluding hydrogens is 354 g/mol. The van der Waals surface area contributed by atoms with Crippen LogP contribution in [-0.2, 0) is 11.8 Å². The Bertz CT molecular complexity index is 1050. The van der Waals surface area contributed by atoms with Gasteiger partial charge < -0.3 is 14.4 Å². The first-order chi connectivity index (χ1) is 13.7. The number of aryl methyl sites for hydroxylation is 1. The van der Waals surface area contributed by atoms with Crippen molar-refractivity contribution in [1.82, 2.24) is 29.0 Å². The Labute approximate surface area is 162 Å². The minimum Gasteiger partial charge on any atom is -0.351 e. The van der Waals surface area contributed by atoms with Crippen molar-refractivity contribution in [2.75, 3.05) is 18.0 Å². The lowest BCUT2D eigenvalue weighted by atomic mass is 10.1. The van der Waals surface area contributed by atoms with E-state index >= 15 is 0 Å². The average molecular weight is 377 g/mol. The normalized spacial score (nSPS) is 24.3. The molecule has 0 aromatic carbocycles. The molecule has 5 heterocycles. The van der Waals surface area contributed by atoms with Crippen molar-refractivity contribution in [3.8, 4) is 11.3 Å². The first-order valence-electron chi connectivity index (χ1n) is 10.1. The second-order valence-electron chi connectivity index (χ2n) is 8.38. The summed E-state index contributed by atoms with van der Waals surface area (Å²) in [7, 11) is 1.97. The number of hydrogen-bond acceptors (Lipinski definition) is 5. The fourth-order valence-electron chi connectivity index (χ4n) is 4.84. The molecule has 3 aliphatic rings. The van der Waals surface area contributed by atoms with Crippen LogP contribution in [0, 0.1) is 5.92 Å². The Hall–Kier alpha value is -2.90. The third kappa shape index (κ3) is 2.43. The van der Waals surface area contributed by atoms with E-state index in [0.29, 0.717) is 23.9 Å². The highest BCUT2D eigenvalue weighted by Crippen LogP contribution is 2.39. The number of imidazole rings is 1. The molecule has 0 radical (unpaired) electrons. The van der Waals surface area contributed by atoms with Crippen molar-refractivity contribution in [3.63, 3.8) is 0 Å².